The van der Waals surface area contributed by atoms with Crippen LogP contribution < -0.4 is 0 Å². The van der Waals surface area contributed by atoms with Gasteiger partial charge in [0, 0.05) is 0 Å². The number of carboxylic acid groups (broad SMARTS) is 1. The summed E-state index contributed by atoms with van der Waals surface area (Å²) in [5, 5.41) is 18.6. The molecule has 0 amide bonds. The number of aromatic carboxylic acids is 1. The topological polar surface area (TPSA) is 57.5 Å². The Morgan fingerprint density at radius 3 is 2.30 bits per heavy atom. The van der Waals surface area contributed by atoms with Crippen molar-refractivity contribution in [1.82, 2.24) is 0 Å². The molecule has 2 N–H and O–H groups in total. The third-order valence-electron chi connectivity index (χ3n) is 3.44. The molecule has 0 radical (unpaired) electrons. The lowest BCUT2D eigenvalue weighted by atomic mass is 9.94. The van der Waals surface area contributed by atoms with Crippen LogP contribution in [0.3, 0.4) is 0 Å². The Labute approximate surface area is 118 Å². The molecule has 0 saturated heterocycles. The van der Waals surface area contributed by atoms with E-state index in [0.717, 1.165) is 28.7 Å². The van der Waals surface area contributed by atoms with E-state index in [1.165, 1.54) is 0 Å². The van der Waals surface area contributed by atoms with Crippen molar-refractivity contribution in [2.75, 3.05) is 0 Å². The quantitative estimate of drug-likeness (QED) is 0.891. The van der Waals surface area contributed by atoms with Crippen molar-refractivity contribution < 1.29 is 15.0 Å². The number of aliphatic hydroxyl groups excluding tert-OH is 1. The van der Waals surface area contributed by atoms with E-state index in [-0.39, 0.29) is 5.56 Å². The normalized spacial score (nSPS) is 12.2. The highest BCUT2D eigenvalue weighted by Gasteiger charge is 2.09. The number of hydrogen-bond donors (Lipinski definition) is 2. The smallest absolute Gasteiger partial charge is 0.335 e. The molecule has 0 fully saturated rings. The lowest BCUT2D eigenvalue weighted by molar-refractivity contribution is 0.0697. The summed E-state index contributed by atoms with van der Waals surface area (Å²) >= 11 is 0. The van der Waals surface area contributed by atoms with E-state index in [2.05, 4.69) is 6.92 Å². The van der Waals surface area contributed by atoms with Crippen molar-refractivity contribution in [2.24, 2.45) is 0 Å². The molecule has 104 valence electrons. The highest BCUT2D eigenvalue weighted by atomic mass is 16.4. The van der Waals surface area contributed by atoms with Crippen molar-refractivity contribution in [3.8, 4) is 11.1 Å². The van der Waals surface area contributed by atoms with Gasteiger partial charge in [0.15, 0.2) is 0 Å². The number of aliphatic hydroxyl groups is 1. The third-order valence-corrected chi connectivity index (χ3v) is 3.44. The molecule has 3 nitrogen and oxygen atoms in total. The Kier molecular flexibility index (Phi) is 4.20. The van der Waals surface area contributed by atoms with Crippen LogP contribution in [0.5, 0.6) is 0 Å². The van der Waals surface area contributed by atoms with Gasteiger partial charge in [-0.3, -0.25) is 0 Å². The number of benzene rings is 2. The minimum absolute atomic E-state index is 0.285. The first-order valence-corrected chi connectivity index (χ1v) is 6.67. The molecule has 2 aromatic carbocycles. The first-order chi connectivity index (χ1) is 9.52. The maximum atomic E-state index is 10.9. The minimum Gasteiger partial charge on any atom is -0.478 e. The molecule has 0 saturated carbocycles. The zero-order chi connectivity index (χ0) is 14.7. The largest absolute Gasteiger partial charge is 0.478 e. The van der Waals surface area contributed by atoms with E-state index in [9.17, 15) is 9.90 Å². The van der Waals surface area contributed by atoms with Gasteiger partial charge in [0.1, 0.15) is 0 Å². The summed E-state index contributed by atoms with van der Waals surface area (Å²) in [5.74, 6) is -0.920. The van der Waals surface area contributed by atoms with Crippen LogP contribution in [0.15, 0.2) is 42.5 Å². The van der Waals surface area contributed by atoms with Crippen LogP contribution in [0, 0.1) is 0 Å². The fraction of sp³-hybridized carbons (Fsp3) is 0.235. The lowest BCUT2D eigenvalue weighted by Gasteiger charge is -2.12. The molecular weight excluding hydrogens is 252 g/mol. The van der Waals surface area contributed by atoms with Crippen LogP contribution in [-0.4, -0.2) is 16.2 Å². The van der Waals surface area contributed by atoms with Gasteiger partial charge in [-0.1, -0.05) is 37.3 Å². The molecule has 3 heteroatoms. The predicted molar refractivity (Wildman–Crippen MR) is 78.8 cm³/mol. The van der Waals surface area contributed by atoms with E-state index in [0.29, 0.717) is 0 Å². The maximum Gasteiger partial charge on any atom is 0.335 e. The Morgan fingerprint density at radius 1 is 1.15 bits per heavy atom. The van der Waals surface area contributed by atoms with Crippen LogP contribution in [0.4, 0.5) is 0 Å². The van der Waals surface area contributed by atoms with E-state index in [4.69, 9.17) is 5.11 Å². The van der Waals surface area contributed by atoms with Gasteiger partial charge in [-0.25, -0.2) is 4.79 Å². The number of carbonyl (C=O) groups is 1. The van der Waals surface area contributed by atoms with Gasteiger partial charge in [0.25, 0.3) is 0 Å². The zero-order valence-corrected chi connectivity index (χ0v) is 11.6. The first kappa shape index (κ1) is 14.3. The molecule has 0 aliphatic carbocycles. The molecule has 0 aliphatic rings. The van der Waals surface area contributed by atoms with E-state index in [1.54, 1.807) is 19.1 Å². The summed E-state index contributed by atoms with van der Waals surface area (Å²) in [6.45, 7) is 3.81. The number of aryl methyl sites for hydroxylation is 1. The molecule has 0 spiro atoms. The fourth-order valence-electron chi connectivity index (χ4n) is 2.24. The second-order valence-electron chi connectivity index (χ2n) is 4.83. The number of carboxylic acids is 1. The zero-order valence-electron chi connectivity index (χ0n) is 11.6. The summed E-state index contributed by atoms with van der Waals surface area (Å²) < 4.78 is 0. The van der Waals surface area contributed by atoms with Crippen LogP contribution in [-0.2, 0) is 6.42 Å². The molecular formula is C17H18O3. The number of rotatable bonds is 4. The van der Waals surface area contributed by atoms with Gasteiger partial charge in [0.2, 0.25) is 0 Å². The van der Waals surface area contributed by atoms with Gasteiger partial charge in [0.05, 0.1) is 11.7 Å². The lowest BCUT2D eigenvalue weighted by Crippen LogP contribution is -1.97. The monoisotopic (exact) mass is 270 g/mol. The molecule has 0 aromatic heterocycles. The first-order valence-electron chi connectivity index (χ1n) is 6.67. The summed E-state index contributed by atoms with van der Waals surface area (Å²) in [7, 11) is 0. The van der Waals surface area contributed by atoms with Gasteiger partial charge in [-0.05, 0) is 47.7 Å². The molecule has 2 aromatic rings. The Balaban J connectivity index is 2.43. The van der Waals surface area contributed by atoms with Gasteiger partial charge >= 0.3 is 5.97 Å². The summed E-state index contributed by atoms with van der Waals surface area (Å²) in [4.78, 5) is 10.9. The molecule has 1 unspecified atom stereocenters. The molecule has 2 rings (SSSR count). The highest BCUT2D eigenvalue weighted by molar-refractivity contribution is 5.88. The molecule has 20 heavy (non-hydrogen) atoms. The minimum atomic E-state index is -0.920. The summed E-state index contributed by atoms with van der Waals surface area (Å²) in [6, 6.07) is 12.8. The van der Waals surface area contributed by atoms with Crippen LogP contribution in [0.2, 0.25) is 0 Å². The Morgan fingerprint density at radius 2 is 1.80 bits per heavy atom. The average molecular weight is 270 g/mol. The second kappa shape index (κ2) is 5.88. The van der Waals surface area contributed by atoms with Crippen molar-refractivity contribution in [3.63, 3.8) is 0 Å². The Bertz CT molecular complexity index is 613. The van der Waals surface area contributed by atoms with Crippen LogP contribution in [0.25, 0.3) is 11.1 Å². The Hall–Kier alpha value is -2.13. The van der Waals surface area contributed by atoms with Crippen LogP contribution >= 0.6 is 0 Å². The van der Waals surface area contributed by atoms with Gasteiger partial charge in [-0.2, -0.15) is 0 Å². The predicted octanol–water partition coefficient (Wildman–Crippen LogP) is 3.67. The second-order valence-corrected chi connectivity index (χ2v) is 4.83. The fourth-order valence-corrected chi connectivity index (χ4v) is 2.24. The molecule has 0 aliphatic heterocycles. The maximum absolute atomic E-state index is 10.9. The van der Waals surface area contributed by atoms with Crippen molar-refractivity contribution >= 4 is 5.97 Å². The van der Waals surface area contributed by atoms with Crippen LogP contribution in [0.1, 0.15) is 41.4 Å². The number of hydrogen-bond acceptors (Lipinski definition) is 2. The van der Waals surface area contributed by atoms with Crippen molar-refractivity contribution in [2.45, 2.75) is 26.4 Å². The SMILES string of the molecule is CCc1cc(C(C)O)ccc1-c1ccc(C(=O)O)cc1. The molecule has 1 atom stereocenters. The van der Waals surface area contributed by atoms with Crippen molar-refractivity contribution in [1.29, 1.82) is 0 Å². The van der Waals surface area contributed by atoms with E-state index in [1.807, 2.05) is 30.3 Å². The molecule has 0 bridgehead atoms. The van der Waals surface area contributed by atoms with E-state index >= 15 is 0 Å². The standard InChI is InChI=1S/C17H18O3/c1-3-12-10-15(11(2)18)8-9-16(12)13-4-6-14(7-5-13)17(19)20/h4-11,18H,3H2,1-2H3,(H,19,20). The van der Waals surface area contributed by atoms with Gasteiger partial charge < -0.3 is 10.2 Å². The van der Waals surface area contributed by atoms with Gasteiger partial charge in [-0.15, -0.1) is 0 Å². The third kappa shape index (κ3) is 2.89. The summed E-state index contributed by atoms with van der Waals surface area (Å²) in [5.41, 5.74) is 4.39. The average Bonchev–Trinajstić information content (AvgIpc) is 2.46. The van der Waals surface area contributed by atoms with E-state index < -0.39 is 12.1 Å². The highest BCUT2D eigenvalue weighted by Crippen LogP contribution is 2.27. The summed E-state index contributed by atoms with van der Waals surface area (Å²) in [6.07, 6.45) is 0.375. The molecule has 0 heterocycles. The van der Waals surface area contributed by atoms with Crippen molar-refractivity contribution in [3.05, 3.63) is 59.2 Å².